The first-order valence-electron chi connectivity index (χ1n) is 8.45. The molecule has 0 saturated carbocycles. The fourth-order valence-electron chi connectivity index (χ4n) is 2.69. The van der Waals surface area contributed by atoms with E-state index in [1.807, 2.05) is 24.3 Å². The van der Waals surface area contributed by atoms with E-state index in [1.54, 1.807) is 6.08 Å². The number of hydrogen-bond acceptors (Lipinski definition) is 3. The van der Waals surface area contributed by atoms with Crippen molar-refractivity contribution < 1.29 is 14.0 Å². The minimum Gasteiger partial charge on any atom is -0.268 e. The number of rotatable bonds is 3. The zero-order chi connectivity index (χ0) is 19.8. The molecule has 2 aromatic rings. The quantitative estimate of drug-likeness (QED) is 0.588. The largest absolute Gasteiger partial charge is 0.293 e. The van der Waals surface area contributed by atoms with Gasteiger partial charge in [-0.25, -0.2) is 4.39 Å². The van der Waals surface area contributed by atoms with Crippen LogP contribution >= 0.6 is 23.4 Å². The first-order valence-corrected chi connectivity index (χ1v) is 9.64. The van der Waals surface area contributed by atoms with Gasteiger partial charge in [-0.3, -0.25) is 14.5 Å². The molecule has 0 unspecified atom stereocenters. The molecule has 3 nitrogen and oxygen atoms in total. The van der Waals surface area contributed by atoms with E-state index in [0.717, 1.165) is 22.2 Å². The van der Waals surface area contributed by atoms with Gasteiger partial charge in [-0.1, -0.05) is 62.7 Å². The molecule has 2 amide bonds. The van der Waals surface area contributed by atoms with Crippen molar-refractivity contribution in [3.05, 3.63) is 74.9 Å². The molecule has 1 fully saturated rings. The van der Waals surface area contributed by atoms with Crippen LogP contribution in [0, 0.1) is 5.82 Å². The summed E-state index contributed by atoms with van der Waals surface area (Å²) in [6.07, 6.45) is 1.71. The summed E-state index contributed by atoms with van der Waals surface area (Å²) in [6, 6.07) is 11.8. The number of benzene rings is 2. The Labute approximate surface area is 167 Å². The monoisotopic (exact) mass is 403 g/mol. The van der Waals surface area contributed by atoms with Crippen molar-refractivity contribution in [3.8, 4) is 0 Å². The van der Waals surface area contributed by atoms with Crippen LogP contribution in [0.5, 0.6) is 0 Å². The van der Waals surface area contributed by atoms with Gasteiger partial charge in [-0.2, -0.15) is 0 Å². The fraction of sp³-hybridized carbons (Fsp3) is 0.238. The molecule has 1 aliphatic heterocycles. The number of thioether (sulfide) groups is 1. The third kappa shape index (κ3) is 4.42. The molecule has 0 bridgehead atoms. The Kier molecular flexibility index (Phi) is 5.45. The van der Waals surface area contributed by atoms with Crippen molar-refractivity contribution in [2.75, 3.05) is 0 Å². The average molecular weight is 404 g/mol. The molecular weight excluding hydrogens is 385 g/mol. The van der Waals surface area contributed by atoms with Gasteiger partial charge in [0.15, 0.2) is 0 Å². The Morgan fingerprint density at radius 1 is 1.11 bits per heavy atom. The van der Waals surface area contributed by atoms with Gasteiger partial charge in [0.05, 0.1) is 11.4 Å². The summed E-state index contributed by atoms with van der Waals surface area (Å²) in [5, 5.41) is -0.172. The summed E-state index contributed by atoms with van der Waals surface area (Å²) in [7, 11) is 0. The second-order valence-corrected chi connectivity index (χ2v) is 8.78. The minimum atomic E-state index is -0.462. The average Bonchev–Trinajstić information content (AvgIpc) is 2.84. The second-order valence-electron chi connectivity index (χ2n) is 7.38. The maximum absolute atomic E-state index is 13.2. The Hall–Kier alpha value is -2.11. The smallest absolute Gasteiger partial charge is 0.268 e. The van der Waals surface area contributed by atoms with Crippen molar-refractivity contribution in [1.29, 1.82) is 0 Å². The van der Waals surface area contributed by atoms with E-state index in [1.165, 1.54) is 23.8 Å². The van der Waals surface area contributed by atoms with Gasteiger partial charge in [-0.05, 0) is 52.1 Å². The van der Waals surface area contributed by atoms with Gasteiger partial charge in [0.2, 0.25) is 0 Å². The normalized spacial score (nSPS) is 16.5. The lowest BCUT2D eigenvalue weighted by atomic mass is 9.87. The molecule has 0 aromatic heterocycles. The van der Waals surface area contributed by atoms with E-state index in [4.69, 9.17) is 11.6 Å². The van der Waals surface area contributed by atoms with Crippen LogP contribution < -0.4 is 0 Å². The predicted octanol–water partition coefficient (Wildman–Crippen LogP) is 6.01. The van der Waals surface area contributed by atoms with Crippen LogP contribution in [0.1, 0.15) is 37.5 Å². The number of amides is 2. The molecule has 0 aliphatic carbocycles. The van der Waals surface area contributed by atoms with Crippen LogP contribution in [0.4, 0.5) is 9.18 Å². The van der Waals surface area contributed by atoms with Crippen molar-refractivity contribution in [1.82, 2.24) is 4.90 Å². The van der Waals surface area contributed by atoms with Gasteiger partial charge >= 0.3 is 0 Å². The van der Waals surface area contributed by atoms with Crippen molar-refractivity contribution in [3.63, 3.8) is 0 Å². The predicted molar refractivity (Wildman–Crippen MR) is 108 cm³/mol. The zero-order valence-corrected chi connectivity index (χ0v) is 16.8. The molecule has 1 aliphatic rings. The standard InChI is InChI=1S/C21H19ClFNO2S/c1-21(2,3)15-7-4-13(5-8-15)10-18-19(25)24(20(26)27-18)12-14-6-9-16(23)11-17(14)22/h4-11H,12H2,1-3H3/b18-10-. The molecule has 0 atom stereocenters. The van der Waals surface area contributed by atoms with Gasteiger partial charge in [-0.15, -0.1) is 0 Å². The second kappa shape index (κ2) is 7.49. The molecule has 27 heavy (non-hydrogen) atoms. The molecule has 0 N–H and O–H groups in total. The maximum Gasteiger partial charge on any atom is 0.293 e. The Bertz CT molecular complexity index is 932. The lowest BCUT2D eigenvalue weighted by Crippen LogP contribution is -2.27. The number of hydrogen-bond donors (Lipinski definition) is 0. The molecule has 3 rings (SSSR count). The molecule has 0 radical (unpaired) electrons. The third-order valence-corrected chi connectivity index (χ3v) is 5.55. The summed E-state index contributed by atoms with van der Waals surface area (Å²) < 4.78 is 13.2. The summed E-state index contributed by atoms with van der Waals surface area (Å²) in [5.74, 6) is -0.832. The van der Waals surface area contributed by atoms with Gasteiger partial charge in [0, 0.05) is 5.02 Å². The van der Waals surface area contributed by atoms with Gasteiger partial charge in [0.1, 0.15) is 5.82 Å². The molecule has 2 aromatic carbocycles. The molecule has 6 heteroatoms. The topological polar surface area (TPSA) is 37.4 Å². The third-order valence-electron chi connectivity index (χ3n) is 4.29. The first-order chi connectivity index (χ1) is 12.6. The van der Waals surface area contributed by atoms with Crippen molar-refractivity contribution in [2.24, 2.45) is 0 Å². The summed E-state index contributed by atoms with van der Waals surface area (Å²) in [5.41, 5.74) is 2.62. The zero-order valence-electron chi connectivity index (χ0n) is 15.3. The van der Waals surface area contributed by atoms with E-state index in [2.05, 4.69) is 20.8 Å². The first kappa shape index (κ1) is 19.6. The van der Waals surface area contributed by atoms with Crippen LogP contribution in [0.3, 0.4) is 0 Å². The molecular formula is C21H19ClFNO2S. The number of carbonyl (C=O) groups is 2. The Morgan fingerprint density at radius 2 is 1.78 bits per heavy atom. The fourth-order valence-corrected chi connectivity index (χ4v) is 3.75. The van der Waals surface area contributed by atoms with Crippen LogP contribution in [-0.4, -0.2) is 16.0 Å². The minimum absolute atomic E-state index is 0.0179. The number of nitrogens with zero attached hydrogens (tertiary/aromatic N) is 1. The van der Waals surface area contributed by atoms with Crippen LogP contribution in [0.15, 0.2) is 47.4 Å². The Balaban J connectivity index is 1.80. The van der Waals surface area contributed by atoms with E-state index in [-0.39, 0.29) is 28.1 Å². The number of carbonyl (C=O) groups excluding carboxylic acids is 2. The molecule has 140 valence electrons. The van der Waals surface area contributed by atoms with Crippen LogP contribution in [0.25, 0.3) is 6.08 Å². The molecule has 1 heterocycles. The number of halogens is 2. The Morgan fingerprint density at radius 3 is 2.37 bits per heavy atom. The highest BCUT2D eigenvalue weighted by atomic mass is 35.5. The van der Waals surface area contributed by atoms with E-state index in [9.17, 15) is 14.0 Å². The van der Waals surface area contributed by atoms with Crippen LogP contribution in [-0.2, 0) is 16.8 Å². The van der Waals surface area contributed by atoms with E-state index >= 15 is 0 Å². The number of imide groups is 1. The highest BCUT2D eigenvalue weighted by Gasteiger charge is 2.35. The van der Waals surface area contributed by atoms with Crippen LogP contribution in [0.2, 0.25) is 5.02 Å². The van der Waals surface area contributed by atoms with Crippen molar-refractivity contribution in [2.45, 2.75) is 32.7 Å². The van der Waals surface area contributed by atoms with Gasteiger partial charge in [0.25, 0.3) is 11.1 Å². The lowest BCUT2D eigenvalue weighted by Gasteiger charge is -2.18. The van der Waals surface area contributed by atoms with Crippen molar-refractivity contribution >= 4 is 40.6 Å². The van der Waals surface area contributed by atoms with E-state index < -0.39 is 5.82 Å². The lowest BCUT2D eigenvalue weighted by molar-refractivity contribution is -0.123. The summed E-state index contributed by atoms with van der Waals surface area (Å²) in [6.45, 7) is 6.42. The summed E-state index contributed by atoms with van der Waals surface area (Å²) >= 11 is 6.91. The molecule has 1 saturated heterocycles. The van der Waals surface area contributed by atoms with Gasteiger partial charge < -0.3 is 0 Å². The maximum atomic E-state index is 13.2. The SMILES string of the molecule is CC(C)(C)c1ccc(/C=C2\SC(=O)N(Cc3ccc(F)cc3Cl)C2=O)cc1. The highest BCUT2D eigenvalue weighted by Crippen LogP contribution is 2.34. The molecule has 0 spiro atoms. The van der Waals surface area contributed by atoms with E-state index in [0.29, 0.717) is 10.5 Å². The summed E-state index contributed by atoms with van der Waals surface area (Å²) in [4.78, 5) is 26.4. The highest BCUT2D eigenvalue weighted by molar-refractivity contribution is 8.18.